The highest BCUT2D eigenvalue weighted by Crippen LogP contribution is 2.52. The monoisotopic (exact) mass is 215 g/mol. The van der Waals surface area contributed by atoms with E-state index < -0.39 is 0 Å². The van der Waals surface area contributed by atoms with E-state index in [1.807, 2.05) is 0 Å². The van der Waals surface area contributed by atoms with Gasteiger partial charge in [0.05, 0.1) is 0 Å². The number of fused-ring (bicyclic) bond motifs is 2. The zero-order valence-corrected chi connectivity index (χ0v) is 9.91. The van der Waals surface area contributed by atoms with Gasteiger partial charge >= 0.3 is 0 Å². The van der Waals surface area contributed by atoms with Crippen molar-refractivity contribution in [2.45, 2.75) is 49.9 Å². The highest BCUT2D eigenvalue weighted by Gasteiger charge is 2.43. The first-order chi connectivity index (χ1) is 7.86. The van der Waals surface area contributed by atoms with Crippen LogP contribution in [-0.2, 0) is 5.41 Å². The summed E-state index contributed by atoms with van der Waals surface area (Å²) in [6.45, 7) is 0.818. The number of hydrogen-bond acceptors (Lipinski definition) is 1. The van der Waals surface area contributed by atoms with Crippen LogP contribution in [0, 0.1) is 0 Å². The maximum atomic E-state index is 5.94. The van der Waals surface area contributed by atoms with Crippen LogP contribution in [0.2, 0.25) is 0 Å². The van der Waals surface area contributed by atoms with E-state index in [0.717, 1.165) is 6.54 Å². The third kappa shape index (κ3) is 1.41. The molecule has 16 heavy (non-hydrogen) atoms. The highest BCUT2D eigenvalue weighted by molar-refractivity contribution is 5.43. The van der Waals surface area contributed by atoms with Crippen molar-refractivity contribution in [3.63, 3.8) is 0 Å². The fraction of sp³-hybridized carbons (Fsp3) is 0.600. The predicted molar refractivity (Wildman–Crippen MR) is 67.6 cm³/mol. The van der Waals surface area contributed by atoms with Gasteiger partial charge in [0.15, 0.2) is 0 Å². The van der Waals surface area contributed by atoms with Gasteiger partial charge in [-0.1, -0.05) is 43.5 Å². The van der Waals surface area contributed by atoms with Gasteiger partial charge in [0.1, 0.15) is 0 Å². The standard InChI is InChI=1S/C15H21N/c16-11-12-10-15(8-4-1-5-9-15)14-7-3-2-6-13(12)14/h2-3,6-7,12H,1,4-5,8-11,16H2. The van der Waals surface area contributed by atoms with Crippen LogP contribution in [0.1, 0.15) is 55.6 Å². The first kappa shape index (κ1) is 10.3. The van der Waals surface area contributed by atoms with Crippen molar-refractivity contribution in [2.75, 3.05) is 6.54 Å². The summed E-state index contributed by atoms with van der Waals surface area (Å²) >= 11 is 0. The van der Waals surface area contributed by atoms with Crippen molar-refractivity contribution >= 4 is 0 Å². The molecule has 1 spiro atoms. The molecule has 1 aromatic rings. The SMILES string of the molecule is NCC1CC2(CCCCC2)c2ccccc21. The average molecular weight is 215 g/mol. The molecule has 1 nitrogen and oxygen atoms in total. The molecule has 2 N–H and O–H groups in total. The predicted octanol–water partition coefficient (Wildman–Crippen LogP) is 3.33. The summed E-state index contributed by atoms with van der Waals surface area (Å²) in [6.07, 6.45) is 8.33. The van der Waals surface area contributed by atoms with Gasteiger partial charge in [0.25, 0.3) is 0 Å². The van der Waals surface area contributed by atoms with Gasteiger partial charge in [-0.15, -0.1) is 0 Å². The molecule has 2 aliphatic rings. The van der Waals surface area contributed by atoms with E-state index in [9.17, 15) is 0 Å². The van der Waals surface area contributed by atoms with Crippen molar-refractivity contribution in [3.05, 3.63) is 35.4 Å². The molecule has 0 radical (unpaired) electrons. The van der Waals surface area contributed by atoms with E-state index in [1.54, 1.807) is 11.1 Å². The van der Waals surface area contributed by atoms with Crippen LogP contribution in [0.5, 0.6) is 0 Å². The summed E-state index contributed by atoms with van der Waals surface area (Å²) in [5.74, 6) is 0.620. The second kappa shape index (κ2) is 3.89. The van der Waals surface area contributed by atoms with Crippen LogP contribution < -0.4 is 5.73 Å². The average Bonchev–Trinajstić information content (AvgIpc) is 2.66. The largest absolute Gasteiger partial charge is 0.330 e. The number of benzene rings is 1. The third-order valence-electron chi connectivity index (χ3n) is 4.70. The molecule has 0 saturated heterocycles. The van der Waals surface area contributed by atoms with Crippen molar-refractivity contribution in [1.82, 2.24) is 0 Å². The minimum atomic E-state index is 0.499. The van der Waals surface area contributed by atoms with Gasteiger partial charge in [-0.05, 0) is 48.3 Å². The molecule has 1 aromatic carbocycles. The minimum absolute atomic E-state index is 0.499. The van der Waals surface area contributed by atoms with Crippen molar-refractivity contribution in [3.8, 4) is 0 Å². The Balaban J connectivity index is 2.04. The quantitative estimate of drug-likeness (QED) is 0.764. The highest BCUT2D eigenvalue weighted by atomic mass is 14.6. The van der Waals surface area contributed by atoms with E-state index >= 15 is 0 Å². The van der Waals surface area contributed by atoms with Gasteiger partial charge in [-0.25, -0.2) is 0 Å². The van der Waals surface area contributed by atoms with Gasteiger partial charge in [0, 0.05) is 0 Å². The van der Waals surface area contributed by atoms with Gasteiger partial charge in [-0.2, -0.15) is 0 Å². The van der Waals surface area contributed by atoms with Gasteiger partial charge < -0.3 is 5.73 Å². The molecular formula is C15H21N. The normalized spacial score (nSPS) is 26.9. The fourth-order valence-corrected chi connectivity index (χ4v) is 3.94. The summed E-state index contributed by atoms with van der Waals surface area (Å²) in [5.41, 5.74) is 9.62. The molecule has 2 aliphatic carbocycles. The summed E-state index contributed by atoms with van der Waals surface area (Å²) in [4.78, 5) is 0. The Morgan fingerprint density at radius 2 is 1.88 bits per heavy atom. The van der Waals surface area contributed by atoms with Crippen LogP contribution in [0.15, 0.2) is 24.3 Å². The number of rotatable bonds is 1. The van der Waals surface area contributed by atoms with Crippen molar-refractivity contribution < 1.29 is 0 Å². The number of hydrogen-bond donors (Lipinski definition) is 1. The Morgan fingerprint density at radius 3 is 2.62 bits per heavy atom. The maximum absolute atomic E-state index is 5.94. The maximum Gasteiger partial charge on any atom is -0.000781 e. The first-order valence-corrected chi connectivity index (χ1v) is 6.65. The lowest BCUT2D eigenvalue weighted by Gasteiger charge is -2.34. The molecule has 1 fully saturated rings. The second-order valence-electron chi connectivity index (χ2n) is 5.56. The summed E-state index contributed by atoms with van der Waals surface area (Å²) in [7, 11) is 0. The van der Waals surface area contributed by atoms with Crippen LogP contribution >= 0.6 is 0 Å². The minimum Gasteiger partial charge on any atom is -0.330 e. The zero-order chi connectivity index (χ0) is 11.0. The Kier molecular flexibility index (Phi) is 2.51. The Bertz CT molecular complexity index is 377. The summed E-state index contributed by atoms with van der Waals surface area (Å²) in [5, 5.41) is 0. The molecule has 3 rings (SSSR count). The first-order valence-electron chi connectivity index (χ1n) is 6.65. The summed E-state index contributed by atoms with van der Waals surface area (Å²) in [6, 6.07) is 9.03. The van der Waals surface area contributed by atoms with Gasteiger partial charge in [-0.3, -0.25) is 0 Å². The molecule has 0 aliphatic heterocycles. The van der Waals surface area contributed by atoms with E-state index in [4.69, 9.17) is 5.73 Å². The topological polar surface area (TPSA) is 26.0 Å². The molecule has 86 valence electrons. The van der Waals surface area contributed by atoms with E-state index in [2.05, 4.69) is 24.3 Å². The van der Waals surface area contributed by atoms with E-state index in [0.29, 0.717) is 11.3 Å². The molecule has 0 bridgehead atoms. The third-order valence-corrected chi connectivity index (χ3v) is 4.70. The van der Waals surface area contributed by atoms with Crippen molar-refractivity contribution in [2.24, 2.45) is 5.73 Å². The fourth-order valence-electron chi connectivity index (χ4n) is 3.94. The Morgan fingerprint density at radius 1 is 1.12 bits per heavy atom. The molecular weight excluding hydrogens is 194 g/mol. The molecule has 1 atom stereocenters. The molecule has 0 aromatic heterocycles. The lowest BCUT2D eigenvalue weighted by Crippen LogP contribution is -2.26. The van der Waals surface area contributed by atoms with Gasteiger partial charge in [0.2, 0.25) is 0 Å². The molecule has 0 amide bonds. The van der Waals surface area contributed by atoms with Crippen LogP contribution in [0.3, 0.4) is 0 Å². The lowest BCUT2D eigenvalue weighted by molar-refractivity contribution is 0.280. The molecule has 0 heterocycles. The van der Waals surface area contributed by atoms with Crippen LogP contribution in [-0.4, -0.2) is 6.54 Å². The number of nitrogens with two attached hydrogens (primary N) is 1. The molecule has 1 heteroatoms. The molecule has 1 saturated carbocycles. The smallest absolute Gasteiger partial charge is 0.000781 e. The van der Waals surface area contributed by atoms with Crippen molar-refractivity contribution in [1.29, 1.82) is 0 Å². The van der Waals surface area contributed by atoms with Crippen LogP contribution in [0.4, 0.5) is 0 Å². The summed E-state index contributed by atoms with van der Waals surface area (Å²) < 4.78 is 0. The van der Waals surface area contributed by atoms with E-state index in [-0.39, 0.29) is 0 Å². The lowest BCUT2D eigenvalue weighted by atomic mass is 9.70. The Labute approximate surface area is 98.0 Å². The second-order valence-corrected chi connectivity index (χ2v) is 5.56. The van der Waals surface area contributed by atoms with E-state index in [1.165, 1.54) is 38.5 Å². The Hall–Kier alpha value is -0.820. The zero-order valence-electron chi connectivity index (χ0n) is 9.91. The molecule has 1 unspecified atom stereocenters. The van der Waals surface area contributed by atoms with Crippen LogP contribution in [0.25, 0.3) is 0 Å².